The summed E-state index contributed by atoms with van der Waals surface area (Å²) in [5.74, 6) is -3.59. The molecule has 0 aliphatic rings. The third kappa shape index (κ3) is 12.3. The van der Waals surface area contributed by atoms with Crippen LogP contribution < -0.4 is 26.6 Å². The quantitative estimate of drug-likeness (QED) is 0.0563. The SMILES string of the molecule is CC(C)C[C@H](NC(=O)[C@H](Cc1ccccc1)NC(=O)CNC(=O)CNC(=O)[C@H](Cc1ccc(O)cc1)NC(c1ccccc1)(c1ccccc1)c1ccccc1)C(=O)O. The lowest BCUT2D eigenvalue weighted by Gasteiger charge is -2.40. The van der Waals surface area contributed by atoms with E-state index in [9.17, 15) is 34.2 Å². The Morgan fingerprint density at radius 3 is 1.47 bits per heavy atom. The van der Waals surface area contributed by atoms with E-state index < -0.39 is 66.4 Å². The molecule has 0 aromatic heterocycles. The largest absolute Gasteiger partial charge is 0.508 e. The number of aromatic hydroxyl groups is 1. The lowest BCUT2D eigenvalue weighted by molar-refractivity contribution is -0.142. The number of nitrogens with one attached hydrogen (secondary N) is 5. The average molecular weight is 798 g/mol. The number of carbonyl (C=O) groups is 5. The molecule has 5 aromatic rings. The van der Waals surface area contributed by atoms with Crippen LogP contribution in [0.4, 0.5) is 0 Å². The first kappa shape index (κ1) is 43.3. The number of carboxylic acid groups (broad SMARTS) is 1. The van der Waals surface area contributed by atoms with Crippen molar-refractivity contribution in [2.75, 3.05) is 13.1 Å². The van der Waals surface area contributed by atoms with Gasteiger partial charge in [0.05, 0.1) is 24.7 Å². The number of carboxylic acids is 1. The molecule has 0 aliphatic heterocycles. The van der Waals surface area contributed by atoms with E-state index in [0.29, 0.717) is 0 Å². The van der Waals surface area contributed by atoms with Crippen LogP contribution in [0.5, 0.6) is 5.75 Å². The summed E-state index contributed by atoms with van der Waals surface area (Å²) in [7, 11) is 0. The van der Waals surface area contributed by atoms with E-state index in [4.69, 9.17) is 0 Å². The van der Waals surface area contributed by atoms with Crippen molar-refractivity contribution in [1.29, 1.82) is 0 Å². The zero-order valence-corrected chi connectivity index (χ0v) is 33.1. The Kier molecular flexibility index (Phi) is 15.5. The van der Waals surface area contributed by atoms with Gasteiger partial charge in [0.2, 0.25) is 23.6 Å². The minimum Gasteiger partial charge on any atom is -0.508 e. The van der Waals surface area contributed by atoms with E-state index in [2.05, 4.69) is 26.6 Å². The molecule has 0 aliphatic carbocycles. The highest BCUT2D eigenvalue weighted by Gasteiger charge is 2.40. The zero-order chi connectivity index (χ0) is 42.2. The molecule has 0 spiro atoms. The summed E-state index contributed by atoms with van der Waals surface area (Å²) in [6.45, 7) is 2.72. The van der Waals surface area contributed by atoms with Gasteiger partial charge in [0.25, 0.3) is 0 Å². The monoisotopic (exact) mass is 797 g/mol. The van der Waals surface area contributed by atoms with E-state index in [0.717, 1.165) is 27.8 Å². The minimum atomic E-state index is -1.18. The van der Waals surface area contributed by atoms with Crippen molar-refractivity contribution in [2.24, 2.45) is 5.92 Å². The second kappa shape index (κ2) is 21.1. The first-order valence-corrected chi connectivity index (χ1v) is 19.6. The summed E-state index contributed by atoms with van der Waals surface area (Å²) in [6, 6.07) is 41.6. The van der Waals surface area contributed by atoms with Crippen LogP contribution in [0, 0.1) is 5.92 Å². The molecule has 7 N–H and O–H groups in total. The minimum absolute atomic E-state index is 0.00716. The van der Waals surface area contributed by atoms with Crippen LogP contribution in [0.1, 0.15) is 48.1 Å². The van der Waals surface area contributed by atoms with E-state index >= 15 is 0 Å². The van der Waals surface area contributed by atoms with Crippen molar-refractivity contribution in [1.82, 2.24) is 26.6 Å². The first-order chi connectivity index (χ1) is 28.4. The molecule has 5 aromatic carbocycles. The number of phenolic OH excluding ortho intramolecular Hbond substituents is 1. The Balaban J connectivity index is 1.32. The number of benzene rings is 5. The van der Waals surface area contributed by atoms with Crippen LogP contribution in [-0.4, -0.2) is 71.0 Å². The molecular weight excluding hydrogens is 747 g/mol. The van der Waals surface area contributed by atoms with Crippen LogP contribution in [0.3, 0.4) is 0 Å². The molecule has 306 valence electrons. The predicted molar refractivity (Wildman–Crippen MR) is 225 cm³/mol. The number of rotatable bonds is 20. The summed E-state index contributed by atoms with van der Waals surface area (Å²) < 4.78 is 0. The van der Waals surface area contributed by atoms with Gasteiger partial charge >= 0.3 is 5.97 Å². The first-order valence-electron chi connectivity index (χ1n) is 19.6. The maximum absolute atomic E-state index is 14.3. The molecule has 12 heteroatoms. The summed E-state index contributed by atoms with van der Waals surface area (Å²) in [5, 5.41) is 33.8. The second-order valence-corrected chi connectivity index (χ2v) is 14.7. The number of aliphatic carboxylic acids is 1. The van der Waals surface area contributed by atoms with Crippen molar-refractivity contribution in [2.45, 2.75) is 56.8 Å². The predicted octanol–water partition coefficient (Wildman–Crippen LogP) is 4.46. The van der Waals surface area contributed by atoms with E-state index in [1.165, 1.54) is 0 Å². The molecule has 3 atom stereocenters. The number of amides is 4. The van der Waals surface area contributed by atoms with Gasteiger partial charge < -0.3 is 31.5 Å². The highest BCUT2D eigenvalue weighted by Crippen LogP contribution is 2.37. The fourth-order valence-corrected chi connectivity index (χ4v) is 6.95. The molecule has 0 heterocycles. The fourth-order valence-electron chi connectivity index (χ4n) is 6.95. The van der Waals surface area contributed by atoms with Crippen LogP contribution in [0.25, 0.3) is 0 Å². The molecule has 0 fully saturated rings. The summed E-state index contributed by atoms with van der Waals surface area (Å²) in [6.07, 6.45) is 0.476. The third-order valence-electron chi connectivity index (χ3n) is 9.83. The van der Waals surface area contributed by atoms with E-state index in [1.807, 2.05) is 111 Å². The van der Waals surface area contributed by atoms with Gasteiger partial charge in [-0.3, -0.25) is 24.5 Å². The fraction of sp³-hybridized carbons (Fsp3) is 0.255. The van der Waals surface area contributed by atoms with Crippen molar-refractivity contribution < 1.29 is 34.2 Å². The second-order valence-electron chi connectivity index (χ2n) is 14.7. The molecule has 5 rings (SSSR count). The van der Waals surface area contributed by atoms with Crippen LogP contribution >= 0.6 is 0 Å². The summed E-state index contributed by atoms with van der Waals surface area (Å²) >= 11 is 0. The van der Waals surface area contributed by atoms with Gasteiger partial charge in [-0.2, -0.15) is 0 Å². The van der Waals surface area contributed by atoms with E-state index in [-0.39, 0.29) is 30.9 Å². The van der Waals surface area contributed by atoms with Crippen molar-refractivity contribution in [3.05, 3.63) is 173 Å². The van der Waals surface area contributed by atoms with Crippen LogP contribution in [0.2, 0.25) is 0 Å². The molecule has 0 unspecified atom stereocenters. The molecule has 4 amide bonds. The average Bonchev–Trinajstić information content (AvgIpc) is 3.25. The molecule has 12 nitrogen and oxygen atoms in total. The highest BCUT2D eigenvalue weighted by atomic mass is 16.4. The Bertz CT molecular complexity index is 2040. The third-order valence-corrected chi connectivity index (χ3v) is 9.83. The highest BCUT2D eigenvalue weighted by molar-refractivity contribution is 5.93. The van der Waals surface area contributed by atoms with Gasteiger partial charge in [0.1, 0.15) is 17.8 Å². The zero-order valence-electron chi connectivity index (χ0n) is 33.1. The number of hydrogen-bond acceptors (Lipinski definition) is 7. The van der Waals surface area contributed by atoms with E-state index in [1.54, 1.807) is 48.5 Å². The molecule has 59 heavy (non-hydrogen) atoms. The maximum Gasteiger partial charge on any atom is 0.326 e. The Hall–Kier alpha value is -6.79. The summed E-state index contributed by atoms with van der Waals surface area (Å²) in [5.41, 5.74) is 3.10. The van der Waals surface area contributed by atoms with Crippen LogP contribution in [-0.2, 0) is 42.4 Å². The Morgan fingerprint density at radius 1 is 0.525 bits per heavy atom. The topological polar surface area (TPSA) is 186 Å². The summed E-state index contributed by atoms with van der Waals surface area (Å²) in [4.78, 5) is 65.8. The molecular formula is C47H51N5O7. The van der Waals surface area contributed by atoms with Gasteiger partial charge in [0.15, 0.2) is 0 Å². The van der Waals surface area contributed by atoms with Crippen LogP contribution in [0.15, 0.2) is 146 Å². The lowest BCUT2D eigenvalue weighted by atomic mass is 9.76. The number of carbonyl (C=O) groups excluding carboxylic acids is 4. The number of hydrogen-bond donors (Lipinski definition) is 7. The van der Waals surface area contributed by atoms with Crippen molar-refractivity contribution >= 4 is 29.6 Å². The molecule has 0 radical (unpaired) electrons. The van der Waals surface area contributed by atoms with Crippen molar-refractivity contribution in [3.8, 4) is 5.75 Å². The molecule has 0 bridgehead atoms. The number of phenols is 1. The standard InChI is InChI=1S/C47H51N5O7/c1-32(2)27-41(46(58)59)51-45(57)39(28-33-15-7-3-8-16-33)50-43(55)31-48-42(54)30-49-44(56)40(29-34-23-25-38(53)26-24-34)52-47(35-17-9-4-10-18-35,36-19-11-5-12-20-36)37-21-13-6-14-22-37/h3-26,32,39-41,52-53H,27-31H2,1-2H3,(H,48,54)(H,49,56)(H,50,55)(H,51,57)(H,58,59)/t39-,40-,41-/m0/s1. The van der Waals surface area contributed by atoms with Gasteiger partial charge in [-0.25, -0.2) is 4.79 Å². The smallest absolute Gasteiger partial charge is 0.326 e. The van der Waals surface area contributed by atoms with Gasteiger partial charge in [0, 0.05) is 6.42 Å². The Morgan fingerprint density at radius 2 is 0.983 bits per heavy atom. The molecule has 0 saturated heterocycles. The molecule has 0 saturated carbocycles. The van der Waals surface area contributed by atoms with Gasteiger partial charge in [-0.1, -0.05) is 147 Å². The van der Waals surface area contributed by atoms with Crippen molar-refractivity contribution in [3.63, 3.8) is 0 Å². The maximum atomic E-state index is 14.3. The Labute approximate surface area is 344 Å². The van der Waals surface area contributed by atoms with Gasteiger partial charge in [-0.05, 0) is 58.7 Å². The lowest BCUT2D eigenvalue weighted by Crippen LogP contribution is -2.57. The van der Waals surface area contributed by atoms with Gasteiger partial charge in [-0.15, -0.1) is 0 Å². The normalized spacial score (nSPS) is 12.7.